The lowest BCUT2D eigenvalue weighted by atomic mass is 10.1. The smallest absolute Gasteiger partial charge is 0.467 e. The molecule has 0 aromatic heterocycles. The van der Waals surface area contributed by atoms with E-state index < -0.39 is 57.0 Å². The van der Waals surface area contributed by atoms with Crippen LogP contribution in [0.1, 0.15) is 33.3 Å². The highest BCUT2D eigenvalue weighted by Gasteiger charge is 2.48. The van der Waals surface area contributed by atoms with Crippen molar-refractivity contribution in [2.75, 3.05) is 14.2 Å². The minimum absolute atomic E-state index is 0.145. The molecule has 0 aliphatic carbocycles. The van der Waals surface area contributed by atoms with Crippen molar-refractivity contribution in [1.82, 2.24) is 10.2 Å². The van der Waals surface area contributed by atoms with Crippen molar-refractivity contribution in [3.63, 3.8) is 0 Å². The molecule has 0 bridgehead atoms. The molecule has 34 heavy (non-hydrogen) atoms. The molecule has 0 spiro atoms. The zero-order chi connectivity index (χ0) is 26.5. The SMILES string of the molecule is COC(=O)[C@H](Cc1ccc(OS(=O)(=O)C(F)(F)F)cc1)NC(=O)[C@H](C)N(C)C(=O)OC(C)(C)C. The third kappa shape index (κ3) is 8.39. The van der Waals surface area contributed by atoms with Gasteiger partial charge in [-0.1, -0.05) is 12.1 Å². The average Bonchev–Trinajstić information content (AvgIpc) is 2.70. The first-order chi connectivity index (χ1) is 15.4. The first-order valence-electron chi connectivity index (χ1n) is 9.81. The molecule has 1 N–H and O–H groups in total. The topological polar surface area (TPSA) is 128 Å². The molecule has 1 rings (SSSR count). The fraction of sp³-hybridized carbons (Fsp3) is 0.550. The number of hydrogen-bond acceptors (Lipinski definition) is 8. The maximum Gasteiger partial charge on any atom is 0.534 e. The molecular formula is C20H27F3N2O8S. The third-order valence-corrected chi connectivity index (χ3v) is 5.28. The monoisotopic (exact) mass is 512 g/mol. The average molecular weight is 513 g/mol. The summed E-state index contributed by atoms with van der Waals surface area (Å²) in [6.45, 7) is 6.39. The molecule has 0 fully saturated rings. The van der Waals surface area contributed by atoms with Crippen LogP contribution in [0.25, 0.3) is 0 Å². The Morgan fingerprint density at radius 1 is 1.09 bits per heavy atom. The Bertz CT molecular complexity index is 989. The second kappa shape index (κ2) is 10.9. The number of esters is 1. The Morgan fingerprint density at radius 3 is 2.06 bits per heavy atom. The molecule has 14 heteroatoms. The Kier molecular flexibility index (Phi) is 9.32. The Balaban J connectivity index is 2.92. The van der Waals surface area contributed by atoms with Crippen LogP contribution in [-0.2, 0) is 35.6 Å². The number of halogens is 3. The molecule has 0 radical (unpaired) electrons. The predicted octanol–water partition coefficient (Wildman–Crippen LogP) is 2.37. The highest BCUT2D eigenvalue weighted by Crippen LogP contribution is 2.27. The van der Waals surface area contributed by atoms with E-state index in [1.165, 1.54) is 26.1 Å². The number of benzene rings is 1. The fourth-order valence-electron chi connectivity index (χ4n) is 2.39. The van der Waals surface area contributed by atoms with Crippen LogP contribution in [-0.4, -0.2) is 68.6 Å². The van der Waals surface area contributed by atoms with Gasteiger partial charge in [-0.05, 0) is 45.4 Å². The summed E-state index contributed by atoms with van der Waals surface area (Å²) in [5, 5.41) is 2.45. The highest BCUT2D eigenvalue weighted by atomic mass is 32.2. The zero-order valence-corrected chi connectivity index (χ0v) is 20.2. The van der Waals surface area contributed by atoms with Gasteiger partial charge in [-0.15, -0.1) is 0 Å². The Hall–Kier alpha value is -3.03. The minimum atomic E-state index is -5.83. The van der Waals surface area contributed by atoms with Crippen molar-refractivity contribution in [2.45, 2.75) is 57.3 Å². The minimum Gasteiger partial charge on any atom is -0.467 e. The molecule has 0 saturated carbocycles. The van der Waals surface area contributed by atoms with Crippen molar-refractivity contribution < 1.29 is 49.6 Å². The van der Waals surface area contributed by atoms with Gasteiger partial charge in [0.1, 0.15) is 23.4 Å². The second-order valence-electron chi connectivity index (χ2n) is 8.18. The van der Waals surface area contributed by atoms with Crippen LogP contribution in [0.4, 0.5) is 18.0 Å². The first-order valence-corrected chi connectivity index (χ1v) is 11.2. The molecule has 192 valence electrons. The molecule has 2 atom stereocenters. The van der Waals surface area contributed by atoms with Gasteiger partial charge in [0.05, 0.1) is 7.11 Å². The Morgan fingerprint density at radius 2 is 1.62 bits per heavy atom. The van der Waals surface area contributed by atoms with Gasteiger partial charge >= 0.3 is 27.7 Å². The number of nitrogens with one attached hydrogen (secondary N) is 1. The summed E-state index contributed by atoms with van der Waals surface area (Å²) in [7, 11) is -3.39. The number of methoxy groups -OCH3 is 1. The van der Waals surface area contributed by atoms with Gasteiger partial charge in [-0.2, -0.15) is 21.6 Å². The van der Waals surface area contributed by atoms with Crippen LogP contribution in [0.5, 0.6) is 5.75 Å². The Labute approximate surface area is 195 Å². The summed E-state index contributed by atoms with van der Waals surface area (Å²) < 4.78 is 73.4. The van der Waals surface area contributed by atoms with Crippen molar-refractivity contribution in [2.24, 2.45) is 0 Å². The van der Waals surface area contributed by atoms with Crippen LogP contribution in [0, 0.1) is 0 Å². The zero-order valence-electron chi connectivity index (χ0n) is 19.4. The van der Waals surface area contributed by atoms with E-state index in [0.29, 0.717) is 5.56 Å². The largest absolute Gasteiger partial charge is 0.534 e. The highest BCUT2D eigenvalue weighted by molar-refractivity contribution is 7.88. The van der Waals surface area contributed by atoms with Crippen molar-refractivity contribution in [3.8, 4) is 5.75 Å². The number of likely N-dealkylation sites (N-methyl/N-ethyl adjacent to an activating group) is 1. The van der Waals surface area contributed by atoms with Gasteiger partial charge < -0.3 is 19.0 Å². The van der Waals surface area contributed by atoms with Gasteiger partial charge in [-0.25, -0.2) is 9.59 Å². The number of rotatable bonds is 8. The van der Waals surface area contributed by atoms with Crippen molar-refractivity contribution in [3.05, 3.63) is 29.8 Å². The van der Waals surface area contributed by atoms with Gasteiger partial charge in [0.25, 0.3) is 0 Å². The van der Waals surface area contributed by atoms with Gasteiger partial charge in [0, 0.05) is 13.5 Å². The summed E-state index contributed by atoms with van der Waals surface area (Å²) >= 11 is 0. The number of carbonyl (C=O) groups is 3. The van der Waals surface area contributed by atoms with Gasteiger partial charge in [0.15, 0.2) is 0 Å². The number of nitrogens with zero attached hydrogens (tertiary/aromatic N) is 1. The molecule has 1 aromatic carbocycles. The lowest BCUT2D eigenvalue weighted by Crippen LogP contribution is -2.52. The second-order valence-corrected chi connectivity index (χ2v) is 9.72. The lowest BCUT2D eigenvalue weighted by Gasteiger charge is -2.29. The fourth-order valence-corrected chi connectivity index (χ4v) is 2.85. The van der Waals surface area contributed by atoms with Crippen molar-refractivity contribution >= 4 is 28.1 Å². The van der Waals surface area contributed by atoms with Crippen molar-refractivity contribution in [1.29, 1.82) is 0 Å². The van der Waals surface area contributed by atoms with Crippen LogP contribution in [0.15, 0.2) is 24.3 Å². The van der Waals surface area contributed by atoms with Gasteiger partial charge in [0.2, 0.25) is 5.91 Å². The van der Waals surface area contributed by atoms with Crippen LogP contribution in [0.2, 0.25) is 0 Å². The van der Waals surface area contributed by atoms with E-state index in [9.17, 15) is 36.0 Å². The van der Waals surface area contributed by atoms with E-state index in [-0.39, 0.29) is 6.42 Å². The van der Waals surface area contributed by atoms with E-state index in [2.05, 4.69) is 14.2 Å². The summed E-state index contributed by atoms with van der Waals surface area (Å²) in [4.78, 5) is 38.0. The van der Waals surface area contributed by atoms with E-state index in [1.807, 2.05) is 0 Å². The third-order valence-electron chi connectivity index (χ3n) is 4.30. The van der Waals surface area contributed by atoms with Crippen LogP contribution < -0.4 is 9.50 Å². The summed E-state index contributed by atoms with van der Waals surface area (Å²) in [5.74, 6) is -2.10. The molecule has 0 aliphatic rings. The maximum absolute atomic E-state index is 12.6. The molecule has 0 unspecified atom stereocenters. The molecule has 2 amide bonds. The van der Waals surface area contributed by atoms with Gasteiger partial charge in [-0.3, -0.25) is 9.69 Å². The van der Waals surface area contributed by atoms with Crippen LogP contribution >= 0.6 is 0 Å². The summed E-state index contributed by atoms with van der Waals surface area (Å²) in [6.07, 6.45) is -0.901. The predicted molar refractivity (Wildman–Crippen MR) is 113 cm³/mol. The molecular weight excluding hydrogens is 485 g/mol. The molecule has 0 heterocycles. The molecule has 10 nitrogen and oxygen atoms in total. The molecule has 0 aliphatic heterocycles. The number of alkyl halides is 3. The standard InChI is InChI=1S/C20H27F3N2O8S/c1-12(25(5)18(28)32-19(2,3)4)16(26)24-15(17(27)31-6)11-13-7-9-14(10-8-13)33-34(29,30)20(21,22)23/h7-10,12,15H,11H2,1-6H3,(H,24,26)/t12-,15-/m0/s1. The molecule has 0 saturated heterocycles. The quantitative estimate of drug-likeness (QED) is 0.319. The maximum atomic E-state index is 12.6. The van der Waals surface area contributed by atoms with E-state index in [4.69, 9.17) is 4.74 Å². The van der Waals surface area contributed by atoms with E-state index >= 15 is 0 Å². The number of hydrogen-bond donors (Lipinski definition) is 1. The van der Waals surface area contributed by atoms with E-state index in [1.54, 1.807) is 20.8 Å². The number of carbonyl (C=O) groups excluding carboxylic acids is 3. The summed E-state index contributed by atoms with van der Waals surface area (Å²) in [5.41, 5.74) is -6.03. The summed E-state index contributed by atoms with van der Waals surface area (Å²) in [6, 6.07) is 2.14. The van der Waals surface area contributed by atoms with E-state index in [0.717, 1.165) is 24.1 Å². The lowest BCUT2D eigenvalue weighted by molar-refractivity contribution is -0.145. The van der Waals surface area contributed by atoms with Crippen LogP contribution in [0.3, 0.4) is 0 Å². The number of ether oxygens (including phenoxy) is 2. The first kappa shape index (κ1) is 29.0. The number of amides is 2. The normalized spacial score (nSPS) is 13.9. The molecule has 1 aromatic rings.